The summed E-state index contributed by atoms with van der Waals surface area (Å²) in [6, 6.07) is 15.8. The van der Waals surface area contributed by atoms with Crippen LogP contribution in [-0.4, -0.2) is 17.2 Å². The number of hydrogen-bond donors (Lipinski definition) is 1. The maximum absolute atomic E-state index is 12.3. The van der Waals surface area contributed by atoms with Gasteiger partial charge in [-0.15, -0.1) is 0 Å². The highest BCUT2D eigenvalue weighted by atomic mass is 16.6. The fourth-order valence-electron chi connectivity index (χ4n) is 2.50. The van der Waals surface area contributed by atoms with Gasteiger partial charge < -0.3 is 15.2 Å². The number of aryl methyl sites for hydroxylation is 2. The molecule has 0 atom stereocenters. The third-order valence-corrected chi connectivity index (χ3v) is 3.84. The Balaban J connectivity index is 1.95. The zero-order valence-electron chi connectivity index (χ0n) is 16.3. The summed E-state index contributed by atoms with van der Waals surface area (Å²) < 4.78 is 11.3. The fourth-order valence-corrected chi connectivity index (χ4v) is 2.50. The van der Waals surface area contributed by atoms with Crippen LogP contribution in [0.15, 0.2) is 48.5 Å². The van der Waals surface area contributed by atoms with Crippen molar-refractivity contribution in [1.82, 2.24) is 0 Å². The summed E-state index contributed by atoms with van der Waals surface area (Å²) in [4.78, 5) is 12.3. The number of anilines is 1. The third kappa shape index (κ3) is 6.10. The van der Waals surface area contributed by atoms with Gasteiger partial charge in [0.25, 0.3) is 0 Å². The minimum Gasteiger partial charge on any atom is -0.476 e. The lowest BCUT2D eigenvalue weighted by molar-refractivity contribution is -0.170. The van der Waals surface area contributed by atoms with Crippen molar-refractivity contribution in [3.05, 3.63) is 59.7 Å². The SMILES string of the molecule is CC(C)(C)OC(=O)C(C)(C)Oc1ccc(CCc2cccc(N)c2)cc1. The van der Waals surface area contributed by atoms with Crippen LogP contribution in [0.2, 0.25) is 0 Å². The maximum Gasteiger partial charge on any atom is 0.350 e. The molecule has 0 fully saturated rings. The summed E-state index contributed by atoms with van der Waals surface area (Å²) in [7, 11) is 0. The highest BCUT2D eigenvalue weighted by Gasteiger charge is 2.34. The Hall–Kier alpha value is -2.49. The van der Waals surface area contributed by atoms with E-state index in [1.165, 1.54) is 11.1 Å². The molecule has 0 aliphatic carbocycles. The minimum atomic E-state index is -1.05. The van der Waals surface area contributed by atoms with Crippen molar-refractivity contribution in [2.45, 2.75) is 58.7 Å². The number of nitrogens with two attached hydrogens (primary N) is 1. The molecule has 0 aromatic heterocycles. The lowest BCUT2D eigenvalue weighted by atomic mass is 10.0. The number of carbonyl (C=O) groups is 1. The van der Waals surface area contributed by atoms with Crippen LogP contribution in [0.5, 0.6) is 5.75 Å². The molecule has 0 amide bonds. The molecule has 26 heavy (non-hydrogen) atoms. The first kappa shape index (κ1) is 19.8. The monoisotopic (exact) mass is 355 g/mol. The first-order valence-corrected chi connectivity index (χ1v) is 8.91. The van der Waals surface area contributed by atoms with E-state index in [4.69, 9.17) is 15.2 Å². The van der Waals surface area contributed by atoms with Crippen LogP contribution in [0.1, 0.15) is 45.7 Å². The molecule has 4 nitrogen and oxygen atoms in total. The van der Waals surface area contributed by atoms with E-state index in [0.717, 1.165) is 18.5 Å². The molecule has 0 bridgehead atoms. The van der Waals surface area contributed by atoms with Crippen molar-refractivity contribution < 1.29 is 14.3 Å². The lowest BCUT2D eigenvalue weighted by Crippen LogP contribution is -2.43. The molecule has 2 rings (SSSR count). The molecule has 2 N–H and O–H groups in total. The molecule has 0 heterocycles. The topological polar surface area (TPSA) is 61.5 Å². The van der Waals surface area contributed by atoms with Crippen LogP contribution in [-0.2, 0) is 22.4 Å². The van der Waals surface area contributed by atoms with E-state index in [9.17, 15) is 4.79 Å². The molecule has 0 saturated heterocycles. The van der Waals surface area contributed by atoms with Gasteiger partial charge in [-0.1, -0.05) is 24.3 Å². The predicted octanol–water partition coefficient (Wildman–Crippen LogP) is 4.55. The third-order valence-electron chi connectivity index (χ3n) is 3.84. The molecule has 0 spiro atoms. The standard InChI is InChI=1S/C22H29NO3/c1-21(2,3)26-20(24)22(4,5)25-19-13-11-16(12-14-19)9-10-17-7-6-8-18(23)15-17/h6-8,11-15H,9-10,23H2,1-5H3. The Kier molecular flexibility index (Phi) is 5.96. The van der Waals surface area contributed by atoms with Crippen LogP contribution < -0.4 is 10.5 Å². The van der Waals surface area contributed by atoms with Crippen LogP contribution in [0.25, 0.3) is 0 Å². The summed E-state index contributed by atoms with van der Waals surface area (Å²) >= 11 is 0. The second kappa shape index (κ2) is 7.81. The second-order valence-electron chi connectivity index (χ2n) is 8.00. The predicted molar refractivity (Wildman–Crippen MR) is 105 cm³/mol. The van der Waals surface area contributed by atoms with Gasteiger partial charge in [0.05, 0.1) is 0 Å². The zero-order chi connectivity index (χ0) is 19.4. The summed E-state index contributed by atoms with van der Waals surface area (Å²) in [6.45, 7) is 8.96. The van der Waals surface area contributed by atoms with E-state index in [1.807, 2.05) is 63.2 Å². The van der Waals surface area contributed by atoms with Crippen molar-refractivity contribution >= 4 is 11.7 Å². The number of ether oxygens (including phenoxy) is 2. The van der Waals surface area contributed by atoms with Gasteiger partial charge in [0, 0.05) is 5.69 Å². The van der Waals surface area contributed by atoms with Gasteiger partial charge in [-0.05, 0) is 82.9 Å². The van der Waals surface area contributed by atoms with Crippen LogP contribution in [0.4, 0.5) is 5.69 Å². The molecule has 0 radical (unpaired) electrons. The van der Waals surface area contributed by atoms with Crippen LogP contribution >= 0.6 is 0 Å². The number of esters is 1. The zero-order valence-corrected chi connectivity index (χ0v) is 16.3. The van der Waals surface area contributed by atoms with E-state index < -0.39 is 11.2 Å². The van der Waals surface area contributed by atoms with E-state index in [-0.39, 0.29) is 5.97 Å². The number of rotatable bonds is 6. The number of hydrogen-bond acceptors (Lipinski definition) is 4. The van der Waals surface area contributed by atoms with Gasteiger partial charge in [-0.25, -0.2) is 4.79 Å². The fraction of sp³-hybridized carbons (Fsp3) is 0.409. The largest absolute Gasteiger partial charge is 0.476 e. The molecule has 4 heteroatoms. The lowest BCUT2D eigenvalue weighted by Gasteiger charge is -2.29. The van der Waals surface area contributed by atoms with Crippen molar-refractivity contribution in [2.75, 3.05) is 5.73 Å². The van der Waals surface area contributed by atoms with Gasteiger partial charge >= 0.3 is 5.97 Å². The van der Waals surface area contributed by atoms with Crippen molar-refractivity contribution in [2.24, 2.45) is 0 Å². The summed E-state index contributed by atoms with van der Waals surface area (Å²) in [5, 5.41) is 0. The number of carbonyl (C=O) groups excluding carboxylic acids is 1. The highest BCUT2D eigenvalue weighted by Crippen LogP contribution is 2.23. The van der Waals surface area contributed by atoms with Crippen molar-refractivity contribution in [1.29, 1.82) is 0 Å². The number of nitrogen functional groups attached to an aromatic ring is 1. The van der Waals surface area contributed by atoms with Gasteiger partial charge in [0.1, 0.15) is 11.4 Å². The van der Waals surface area contributed by atoms with Crippen LogP contribution in [0.3, 0.4) is 0 Å². The quantitative estimate of drug-likeness (QED) is 0.610. The second-order valence-corrected chi connectivity index (χ2v) is 8.00. The molecule has 0 saturated carbocycles. The van der Waals surface area contributed by atoms with Gasteiger partial charge in [0.2, 0.25) is 0 Å². The Morgan fingerprint density at radius 3 is 2.12 bits per heavy atom. The molecular formula is C22H29NO3. The van der Waals surface area contributed by atoms with Crippen molar-refractivity contribution in [3.8, 4) is 5.75 Å². The Labute approximate surface area is 156 Å². The Morgan fingerprint density at radius 2 is 1.54 bits per heavy atom. The van der Waals surface area contributed by atoms with Crippen LogP contribution in [0, 0.1) is 0 Å². The van der Waals surface area contributed by atoms with E-state index in [1.54, 1.807) is 13.8 Å². The minimum absolute atomic E-state index is 0.379. The molecule has 140 valence electrons. The summed E-state index contributed by atoms with van der Waals surface area (Å²) in [5.41, 5.74) is 7.44. The van der Waals surface area contributed by atoms with Gasteiger partial charge in [-0.2, -0.15) is 0 Å². The van der Waals surface area contributed by atoms with Crippen molar-refractivity contribution in [3.63, 3.8) is 0 Å². The molecule has 0 aliphatic rings. The van der Waals surface area contributed by atoms with Gasteiger partial charge in [-0.3, -0.25) is 0 Å². The molecular weight excluding hydrogens is 326 g/mol. The average molecular weight is 355 g/mol. The molecule has 0 aliphatic heterocycles. The Morgan fingerprint density at radius 1 is 0.923 bits per heavy atom. The first-order chi connectivity index (χ1) is 12.0. The van der Waals surface area contributed by atoms with E-state index >= 15 is 0 Å². The first-order valence-electron chi connectivity index (χ1n) is 8.91. The van der Waals surface area contributed by atoms with E-state index in [0.29, 0.717) is 5.75 Å². The molecule has 2 aromatic carbocycles. The highest BCUT2D eigenvalue weighted by molar-refractivity contribution is 5.79. The number of benzene rings is 2. The van der Waals surface area contributed by atoms with Gasteiger partial charge in [0.15, 0.2) is 5.60 Å². The maximum atomic E-state index is 12.3. The Bertz CT molecular complexity index is 743. The summed E-state index contributed by atoms with van der Waals surface area (Å²) in [5.74, 6) is 0.268. The normalized spacial score (nSPS) is 11.9. The molecule has 2 aromatic rings. The summed E-state index contributed by atoms with van der Waals surface area (Å²) in [6.07, 6.45) is 1.84. The molecule has 0 unspecified atom stereocenters. The van der Waals surface area contributed by atoms with E-state index in [2.05, 4.69) is 6.07 Å². The average Bonchev–Trinajstić information content (AvgIpc) is 2.52. The smallest absolute Gasteiger partial charge is 0.350 e.